The number of fused-ring (bicyclic) bond motifs is 3. The van der Waals surface area contributed by atoms with Gasteiger partial charge in [-0.2, -0.15) is 0 Å². The highest BCUT2D eigenvalue weighted by Gasteiger charge is 2.36. The minimum Gasteiger partial charge on any atom is -0.387 e. The summed E-state index contributed by atoms with van der Waals surface area (Å²) in [6.45, 7) is 10.0. The first-order valence-corrected chi connectivity index (χ1v) is 7.87. The van der Waals surface area contributed by atoms with Crippen LogP contribution in [0.15, 0.2) is 24.3 Å². The maximum absolute atomic E-state index is 10.8. The first-order chi connectivity index (χ1) is 9.63. The smallest absolute Gasteiger partial charge is 0.0957 e. The molecule has 1 N–H and O–H groups in total. The average Bonchev–Trinajstić information content (AvgIpc) is 2.47. The molecule has 2 unspecified atom stereocenters. The van der Waals surface area contributed by atoms with Gasteiger partial charge in [0.05, 0.1) is 12.1 Å². The largest absolute Gasteiger partial charge is 0.387 e. The second-order valence-corrected chi connectivity index (χ2v) is 6.69. The predicted molar refractivity (Wildman–Crippen MR) is 81.7 cm³/mol. The molecule has 3 heterocycles. The normalized spacial score (nSPS) is 30.7. The zero-order chi connectivity index (χ0) is 14.1. The van der Waals surface area contributed by atoms with Crippen molar-refractivity contribution in [3.05, 3.63) is 35.4 Å². The number of nitrogens with zero attached hydrogens (tertiary/aromatic N) is 2. The fourth-order valence-corrected chi connectivity index (χ4v) is 3.55. The van der Waals surface area contributed by atoms with Crippen LogP contribution < -0.4 is 0 Å². The molecule has 0 radical (unpaired) electrons. The number of aliphatic hydroxyl groups excluding tert-OH is 1. The molecule has 1 aromatic rings. The molecule has 2 bridgehead atoms. The van der Waals surface area contributed by atoms with Gasteiger partial charge in [0, 0.05) is 32.7 Å². The maximum atomic E-state index is 10.8. The lowest BCUT2D eigenvalue weighted by Crippen LogP contribution is -2.62. The molecule has 3 fully saturated rings. The quantitative estimate of drug-likeness (QED) is 0.908. The van der Waals surface area contributed by atoms with Crippen molar-refractivity contribution in [2.45, 2.75) is 32.4 Å². The summed E-state index contributed by atoms with van der Waals surface area (Å²) in [7, 11) is 0. The van der Waals surface area contributed by atoms with E-state index in [1.165, 1.54) is 5.56 Å². The Hall–Kier alpha value is -0.900. The van der Waals surface area contributed by atoms with Crippen molar-refractivity contribution in [3.8, 4) is 0 Å². The van der Waals surface area contributed by atoms with E-state index in [2.05, 4.69) is 47.9 Å². The van der Waals surface area contributed by atoms with Crippen LogP contribution >= 0.6 is 0 Å². The summed E-state index contributed by atoms with van der Waals surface area (Å²) in [6, 6.07) is 8.81. The zero-order valence-electron chi connectivity index (χ0n) is 12.6. The first kappa shape index (κ1) is 14.1. The Morgan fingerprint density at radius 2 is 1.95 bits per heavy atom. The van der Waals surface area contributed by atoms with Gasteiger partial charge in [-0.15, -0.1) is 0 Å². The van der Waals surface area contributed by atoms with Gasteiger partial charge in [0.25, 0.3) is 0 Å². The van der Waals surface area contributed by atoms with Gasteiger partial charge in [0.1, 0.15) is 0 Å². The van der Waals surface area contributed by atoms with Crippen molar-refractivity contribution in [2.24, 2.45) is 5.92 Å². The molecular formula is C17H26N2O. The Bertz CT molecular complexity index is 452. The molecule has 0 saturated carbocycles. The van der Waals surface area contributed by atoms with Crippen LogP contribution in [0.25, 0.3) is 0 Å². The van der Waals surface area contributed by atoms with Crippen LogP contribution in [0, 0.1) is 5.92 Å². The number of hydrogen-bond acceptors (Lipinski definition) is 3. The van der Waals surface area contributed by atoms with E-state index in [9.17, 15) is 5.11 Å². The van der Waals surface area contributed by atoms with E-state index < -0.39 is 0 Å². The second-order valence-electron chi connectivity index (χ2n) is 6.69. The minimum absolute atomic E-state index is 0.270. The molecule has 0 aliphatic carbocycles. The highest BCUT2D eigenvalue weighted by molar-refractivity contribution is 5.27. The third-order valence-electron chi connectivity index (χ3n) is 4.62. The summed E-state index contributed by atoms with van der Waals surface area (Å²) < 4.78 is 0. The molecule has 3 aliphatic rings. The summed E-state index contributed by atoms with van der Waals surface area (Å²) in [6.07, 6.45) is 0.728. The molecule has 110 valence electrons. The van der Waals surface area contributed by atoms with Gasteiger partial charge in [-0.05, 0) is 23.5 Å². The fourth-order valence-electron chi connectivity index (χ4n) is 3.55. The third kappa shape index (κ3) is 2.90. The summed E-state index contributed by atoms with van der Waals surface area (Å²) in [5, 5.41) is 10.8. The lowest BCUT2D eigenvalue weighted by molar-refractivity contribution is -0.0470. The highest BCUT2D eigenvalue weighted by Crippen LogP contribution is 2.28. The molecule has 2 atom stereocenters. The molecule has 3 aliphatic heterocycles. The molecule has 0 aromatic heterocycles. The molecule has 0 spiro atoms. The van der Waals surface area contributed by atoms with Gasteiger partial charge < -0.3 is 5.11 Å². The van der Waals surface area contributed by atoms with Crippen molar-refractivity contribution in [1.29, 1.82) is 0 Å². The molecule has 3 nitrogen and oxygen atoms in total. The van der Waals surface area contributed by atoms with Crippen molar-refractivity contribution in [3.63, 3.8) is 0 Å². The summed E-state index contributed by atoms with van der Waals surface area (Å²) in [5.74, 6) is 0.656. The van der Waals surface area contributed by atoms with E-state index in [4.69, 9.17) is 0 Å². The Kier molecular flexibility index (Phi) is 4.11. The van der Waals surface area contributed by atoms with E-state index in [0.717, 1.165) is 44.7 Å². The molecule has 4 rings (SSSR count). The van der Waals surface area contributed by atoms with Gasteiger partial charge in [-0.1, -0.05) is 38.1 Å². The standard InChI is InChI=1S/C17H26N2O/c1-13(2)10-14-4-3-5-15(11-14)17(20)16-12-18-6-8-19(16)9-7-18/h3-5,11,13,16-17,20H,6-10,12H2,1-2H3. The van der Waals surface area contributed by atoms with Gasteiger partial charge in [-0.25, -0.2) is 0 Å². The van der Waals surface area contributed by atoms with Crippen LogP contribution in [-0.2, 0) is 6.42 Å². The molecule has 1 aromatic carbocycles. The van der Waals surface area contributed by atoms with Crippen LogP contribution in [0.3, 0.4) is 0 Å². The van der Waals surface area contributed by atoms with Crippen molar-refractivity contribution < 1.29 is 5.11 Å². The van der Waals surface area contributed by atoms with Crippen LogP contribution in [0.4, 0.5) is 0 Å². The Labute approximate surface area is 122 Å². The molecule has 20 heavy (non-hydrogen) atoms. The van der Waals surface area contributed by atoms with Crippen molar-refractivity contribution >= 4 is 0 Å². The SMILES string of the molecule is CC(C)Cc1cccc(C(O)C2CN3CCN2CC3)c1. The van der Waals surface area contributed by atoms with E-state index >= 15 is 0 Å². The molecule has 0 amide bonds. The van der Waals surface area contributed by atoms with E-state index in [1.54, 1.807) is 0 Å². The van der Waals surface area contributed by atoms with Gasteiger partial charge in [-0.3, -0.25) is 9.80 Å². The first-order valence-electron chi connectivity index (χ1n) is 7.87. The van der Waals surface area contributed by atoms with E-state index in [1.807, 2.05) is 0 Å². The van der Waals surface area contributed by atoms with E-state index in [0.29, 0.717) is 5.92 Å². The lowest BCUT2D eigenvalue weighted by atomic mass is 9.93. The molecule has 3 heteroatoms. The second kappa shape index (κ2) is 5.84. The van der Waals surface area contributed by atoms with Gasteiger partial charge >= 0.3 is 0 Å². The predicted octanol–water partition coefficient (Wildman–Crippen LogP) is 1.92. The Balaban J connectivity index is 1.75. The highest BCUT2D eigenvalue weighted by atomic mass is 16.3. The van der Waals surface area contributed by atoms with Crippen LogP contribution in [-0.4, -0.2) is 53.7 Å². The van der Waals surface area contributed by atoms with Crippen LogP contribution in [0.5, 0.6) is 0 Å². The van der Waals surface area contributed by atoms with Gasteiger partial charge in [0.15, 0.2) is 0 Å². The topological polar surface area (TPSA) is 26.7 Å². The van der Waals surface area contributed by atoms with Crippen LogP contribution in [0.2, 0.25) is 0 Å². The van der Waals surface area contributed by atoms with E-state index in [-0.39, 0.29) is 12.1 Å². The van der Waals surface area contributed by atoms with Gasteiger partial charge in [0.2, 0.25) is 0 Å². The van der Waals surface area contributed by atoms with Crippen LogP contribution in [0.1, 0.15) is 31.1 Å². The lowest BCUT2D eigenvalue weighted by Gasteiger charge is -2.49. The zero-order valence-corrected chi connectivity index (χ0v) is 12.6. The molecular weight excluding hydrogens is 248 g/mol. The fraction of sp³-hybridized carbons (Fsp3) is 0.647. The third-order valence-corrected chi connectivity index (χ3v) is 4.62. The Morgan fingerprint density at radius 1 is 1.20 bits per heavy atom. The summed E-state index contributed by atoms with van der Waals surface area (Å²) in [4.78, 5) is 4.94. The number of aliphatic hydroxyl groups is 1. The monoisotopic (exact) mass is 274 g/mol. The summed E-state index contributed by atoms with van der Waals surface area (Å²) in [5.41, 5.74) is 2.43. The Morgan fingerprint density at radius 3 is 2.55 bits per heavy atom. The minimum atomic E-state index is -0.356. The summed E-state index contributed by atoms with van der Waals surface area (Å²) >= 11 is 0. The average molecular weight is 274 g/mol. The van der Waals surface area contributed by atoms with Crippen molar-refractivity contribution in [1.82, 2.24) is 9.80 Å². The number of benzene rings is 1. The number of hydrogen-bond donors (Lipinski definition) is 1. The van der Waals surface area contributed by atoms with Crippen molar-refractivity contribution in [2.75, 3.05) is 32.7 Å². The molecule has 3 saturated heterocycles. The number of piperazine rings is 3. The maximum Gasteiger partial charge on any atom is 0.0957 e. The number of rotatable bonds is 4.